The van der Waals surface area contributed by atoms with Gasteiger partial charge in [-0.2, -0.15) is 0 Å². The van der Waals surface area contributed by atoms with Crippen LogP contribution in [0.15, 0.2) is 24.3 Å². The molecule has 1 rings (SSSR count). The van der Waals surface area contributed by atoms with Gasteiger partial charge in [-0.05, 0) is 33.3 Å². The van der Waals surface area contributed by atoms with Gasteiger partial charge >= 0.3 is 0 Å². The molecule has 0 spiro atoms. The van der Waals surface area contributed by atoms with Crippen molar-refractivity contribution in [3.05, 3.63) is 35.4 Å². The largest absolute Gasteiger partial charge is 0.342 e. The zero-order valence-electron chi connectivity index (χ0n) is 11.9. The van der Waals surface area contributed by atoms with Crippen molar-refractivity contribution in [1.82, 2.24) is 10.2 Å². The maximum absolute atomic E-state index is 11.9. The number of amides is 1. The molecule has 0 bridgehead atoms. The number of carbonyl (C=O) groups is 1. The van der Waals surface area contributed by atoms with Crippen molar-refractivity contribution >= 4 is 5.91 Å². The van der Waals surface area contributed by atoms with Crippen molar-refractivity contribution < 1.29 is 4.79 Å². The number of nitrogens with one attached hydrogen (secondary N) is 1. The molecule has 1 aromatic carbocycles. The Morgan fingerprint density at radius 1 is 1.22 bits per heavy atom. The molecule has 0 aliphatic rings. The fourth-order valence-electron chi connectivity index (χ4n) is 1.90. The summed E-state index contributed by atoms with van der Waals surface area (Å²) >= 11 is 0. The lowest BCUT2D eigenvalue weighted by Crippen LogP contribution is -2.38. The lowest BCUT2D eigenvalue weighted by atomic mass is 10.1. The van der Waals surface area contributed by atoms with E-state index in [1.54, 1.807) is 0 Å². The molecule has 18 heavy (non-hydrogen) atoms. The van der Waals surface area contributed by atoms with Crippen LogP contribution >= 0.6 is 0 Å². The number of nitrogens with zero attached hydrogens (tertiary/aromatic N) is 1. The van der Waals surface area contributed by atoms with E-state index in [1.165, 1.54) is 11.1 Å². The second kappa shape index (κ2) is 7.17. The molecule has 1 aromatic rings. The van der Waals surface area contributed by atoms with Gasteiger partial charge in [-0.3, -0.25) is 4.79 Å². The van der Waals surface area contributed by atoms with Crippen LogP contribution in [0.3, 0.4) is 0 Å². The molecule has 0 saturated carbocycles. The van der Waals surface area contributed by atoms with Gasteiger partial charge in [0.1, 0.15) is 0 Å². The summed E-state index contributed by atoms with van der Waals surface area (Å²) in [6, 6.07) is 8.61. The third-order valence-electron chi connectivity index (χ3n) is 3.25. The lowest BCUT2D eigenvalue weighted by Gasteiger charge is -2.21. The van der Waals surface area contributed by atoms with Crippen molar-refractivity contribution in [3.63, 3.8) is 0 Å². The van der Waals surface area contributed by atoms with Crippen LogP contribution in [0.2, 0.25) is 0 Å². The minimum atomic E-state index is 0.166. The highest BCUT2D eigenvalue weighted by atomic mass is 16.2. The third kappa shape index (κ3) is 4.15. The van der Waals surface area contributed by atoms with Gasteiger partial charge in [-0.15, -0.1) is 0 Å². The Balaban J connectivity index is 2.48. The molecule has 0 fully saturated rings. The average molecular weight is 248 g/mol. The van der Waals surface area contributed by atoms with Gasteiger partial charge in [0, 0.05) is 19.1 Å². The summed E-state index contributed by atoms with van der Waals surface area (Å²) in [5.41, 5.74) is 2.47. The Kier molecular flexibility index (Phi) is 5.86. The van der Waals surface area contributed by atoms with E-state index < -0.39 is 0 Å². The lowest BCUT2D eigenvalue weighted by molar-refractivity contribution is -0.129. The number of benzene rings is 1. The van der Waals surface area contributed by atoms with Gasteiger partial charge in [-0.1, -0.05) is 29.8 Å². The molecule has 3 heteroatoms. The van der Waals surface area contributed by atoms with E-state index in [0.717, 1.165) is 13.1 Å². The number of rotatable bonds is 6. The number of aryl methyl sites for hydroxylation is 1. The van der Waals surface area contributed by atoms with E-state index in [2.05, 4.69) is 43.4 Å². The molecular formula is C15H24N2O. The smallest absolute Gasteiger partial charge is 0.236 e. The monoisotopic (exact) mass is 248 g/mol. The Morgan fingerprint density at radius 3 is 2.28 bits per heavy atom. The summed E-state index contributed by atoms with van der Waals surface area (Å²) < 4.78 is 0. The Hall–Kier alpha value is -1.35. The highest BCUT2D eigenvalue weighted by molar-refractivity contribution is 5.78. The van der Waals surface area contributed by atoms with Gasteiger partial charge in [0.25, 0.3) is 0 Å². The number of hydrogen-bond donors (Lipinski definition) is 1. The maximum Gasteiger partial charge on any atom is 0.236 e. The molecule has 0 heterocycles. The minimum Gasteiger partial charge on any atom is -0.342 e. The van der Waals surface area contributed by atoms with Crippen molar-refractivity contribution in [2.24, 2.45) is 0 Å². The van der Waals surface area contributed by atoms with E-state index in [4.69, 9.17) is 0 Å². The quantitative estimate of drug-likeness (QED) is 0.839. The van der Waals surface area contributed by atoms with Gasteiger partial charge in [0.05, 0.1) is 6.54 Å². The van der Waals surface area contributed by atoms with Crippen molar-refractivity contribution in [2.75, 3.05) is 19.6 Å². The van der Waals surface area contributed by atoms with E-state index >= 15 is 0 Å². The number of hydrogen-bond acceptors (Lipinski definition) is 2. The molecule has 0 aliphatic carbocycles. The summed E-state index contributed by atoms with van der Waals surface area (Å²) in [7, 11) is 0. The van der Waals surface area contributed by atoms with Crippen LogP contribution in [0.5, 0.6) is 0 Å². The first kappa shape index (κ1) is 14.7. The van der Waals surface area contributed by atoms with Crippen molar-refractivity contribution in [3.8, 4) is 0 Å². The molecule has 0 unspecified atom stereocenters. The topological polar surface area (TPSA) is 32.3 Å². The summed E-state index contributed by atoms with van der Waals surface area (Å²) in [6.45, 7) is 10.1. The highest BCUT2D eigenvalue weighted by Crippen LogP contribution is 2.12. The minimum absolute atomic E-state index is 0.166. The molecule has 0 aromatic heterocycles. The van der Waals surface area contributed by atoms with Gasteiger partial charge in [0.2, 0.25) is 5.91 Å². The van der Waals surface area contributed by atoms with E-state index in [9.17, 15) is 4.79 Å². The van der Waals surface area contributed by atoms with E-state index in [0.29, 0.717) is 6.54 Å². The van der Waals surface area contributed by atoms with Gasteiger partial charge in [0.15, 0.2) is 0 Å². The Morgan fingerprint density at radius 2 is 1.78 bits per heavy atom. The van der Waals surface area contributed by atoms with Crippen LogP contribution in [0.4, 0.5) is 0 Å². The standard InChI is InChI=1S/C15H24N2O/c1-5-17(6-2)15(18)11-16-13(4)14-9-7-12(3)8-10-14/h7-10,13,16H,5-6,11H2,1-4H3/t13-/m0/s1. The van der Waals surface area contributed by atoms with Gasteiger partial charge < -0.3 is 10.2 Å². The average Bonchev–Trinajstić information content (AvgIpc) is 2.38. The van der Waals surface area contributed by atoms with Gasteiger partial charge in [-0.25, -0.2) is 0 Å². The van der Waals surface area contributed by atoms with E-state index in [1.807, 2.05) is 18.7 Å². The predicted octanol–water partition coefficient (Wildman–Crippen LogP) is 2.51. The predicted molar refractivity (Wildman–Crippen MR) is 75.5 cm³/mol. The molecule has 1 N–H and O–H groups in total. The summed E-state index contributed by atoms with van der Waals surface area (Å²) in [5, 5.41) is 3.28. The molecule has 1 atom stereocenters. The first-order valence-corrected chi connectivity index (χ1v) is 6.66. The third-order valence-corrected chi connectivity index (χ3v) is 3.25. The van der Waals surface area contributed by atoms with Crippen LogP contribution in [0.1, 0.15) is 37.9 Å². The van der Waals surface area contributed by atoms with Crippen molar-refractivity contribution in [2.45, 2.75) is 33.7 Å². The zero-order chi connectivity index (χ0) is 13.5. The van der Waals surface area contributed by atoms with Crippen LogP contribution < -0.4 is 5.32 Å². The number of likely N-dealkylation sites (N-methyl/N-ethyl adjacent to an activating group) is 1. The normalized spacial score (nSPS) is 12.2. The molecule has 3 nitrogen and oxygen atoms in total. The fraction of sp³-hybridized carbons (Fsp3) is 0.533. The second-order valence-electron chi connectivity index (χ2n) is 4.58. The summed E-state index contributed by atoms with van der Waals surface area (Å²) in [4.78, 5) is 13.7. The molecule has 0 saturated heterocycles. The van der Waals surface area contributed by atoms with E-state index in [-0.39, 0.29) is 11.9 Å². The summed E-state index contributed by atoms with van der Waals surface area (Å²) in [5.74, 6) is 0.166. The highest BCUT2D eigenvalue weighted by Gasteiger charge is 2.11. The van der Waals surface area contributed by atoms with Crippen LogP contribution in [0.25, 0.3) is 0 Å². The first-order valence-electron chi connectivity index (χ1n) is 6.66. The summed E-state index contributed by atoms with van der Waals surface area (Å²) in [6.07, 6.45) is 0. The van der Waals surface area contributed by atoms with Crippen molar-refractivity contribution in [1.29, 1.82) is 0 Å². The van der Waals surface area contributed by atoms with Crippen LogP contribution in [-0.2, 0) is 4.79 Å². The maximum atomic E-state index is 11.9. The Labute approximate surface area is 110 Å². The fourth-order valence-corrected chi connectivity index (χ4v) is 1.90. The van der Waals surface area contributed by atoms with Crippen LogP contribution in [-0.4, -0.2) is 30.4 Å². The first-order chi connectivity index (χ1) is 8.58. The molecule has 0 aliphatic heterocycles. The van der Waals surface area contributed by atoms with Crippen LogP contribution in [0, 0.1) is 6.92 Å². The SMILES string of the molecule is CCN(CC)C(=O)CN[C@@H](C)c1ccc(C)cc1. The second-order valence-corrected chi connectivity index (χ2v) is 4.58. The Bertz CT molecular complexity index is 369. The molecule has 1 amide bonds. The zero-order valence-corrected chi connectivity index (χ0v) is 11.9. The number of carbonyl (C=O) groups excluding carboxylic acids is 1. The molecule has 0 radical (unpaired) electrons. The molecule has 100 valence electrons. The molecular weight excluding hydrogens is 224 g/mol.